The summed E-state index contributed by atoms with van der Waals surface area (Å²) in [7, 11) is 0. The van der Waals surface area contributed by atoms with Crippen molar-refractivity contribution in [2.45, 2.75) is 33.9 Å². The van der Waals surface area contributed by atoms with Crippen molar-refractivity contribution >= 4 is 22.9 Å². The molecule has 34 heavy (non-hydrogen) atoms. The maximum absolute atomic E-state index is 13.7. The second-order valence-electron chi connectivity index (χ2n) is 8.23. The summed E-state index contributed by atoms with van der Waals surface area (Å²) in [4.78, 5) is 36.7. The van der Waals surface area contributed by atoms with Crippen LogP contribution in [0.15, 0.2) is 51.7 Å². The van der Waals surface area contributed by atoms with E-state index in [9.17, 15) is 27.6 Å². The first kappa shape index (κ1) is 24.8. The number of carbonyl (C=O) groups excluding carboxylic acids is 2. The van der Waals surface area contributed by atoms with Crippen molar-refractivity contribution in [3.8, 4) is 17.2 Å². The van der Waals surface area contributed by atoms with E-state index in [1.165, 1.54) is 36.4 Å². The fraction of sp³-hybridized carbons (Fsp3) is 0.292. The van der Waals surface area contributed by atoms with Gasteiger partial charge in [-0.15, -0.1) is 0 Å². The molecular weight excluding hydrogens is 457 g/mol. The van der Waals surface area contributed by atoms with Crippen LogP contribution in [-0.4, -0.2) is 18.5 Å². The first-order chi connectivity index (χ1) is 15.8. The maximum Gasteiger partial charge on any atom is 0.453 e. The fourth-order valence-corrected chi connectivity index (χ4v) is 2.75. The lowest BCUT2D eigenvalue weighted by molar-refractivity contribution is -0.154. The highest BCUT2D eigenvalue weighted by Gasteiger charge is 2.40. The van der Waals surface area contributed by atoms with E-state index in [1.54, 1.807) is 27.7 Å². The summed E-state index contributed by atoms with van der Waals surface area (Å²) in [6.45, 7) is 6.62. The third kappa shape index (κ3) is 5.38. The van der Waals surface area contributed by atoms with E-state index >= 15 is 0 Å². The van der Waals surface area contributed by atoms with E-state index in [4.69, 9.17) is 18.6 Å². The molecule has 3 aromatic rings. The van der Waals surface area contributed by atoms with Gasteiger partial charge in [0.2, 0.25) is 11.2 Å². The van der Waals surface area contributed by atoms with Crippen LogP contribution in [0.2, 0.25) is 0 Å². The summed E-state index contributed by atoms with van der Waals surface area (Å²) in [6, 6.07) is 8.53. The summed E-state index contributed by atoms with van der Waals surface area (Å²) in [6.07, 6.45) is -5.06. The van der Waals surface area contributed by atoms with Crippen molar-refractivity contribution in [3.05, 3.63) is 64.0 Å². The minimum Gasteiger partial charge on any atom is -0.462 e. The van der Waals surface area contributed by atoms with Gasteiger partial charge in [0.1, 0.15) is 17.1 Å². The summed E-state index contributed by atoms with van der Waals surface area (Å²) >= 11 is 0. The number of alkyl halides is 3. The standard InChI is InChI=1S/C24H21F3O7/c1-5-31-21(29)13-6-8-14(9-7-13)32-19-18(28)16-11-10-15(33-22(30)23(2,3)4)12-17(16)34-20(19)24(25,26)27/h6-12H,5H2,1-4H3. The summed E-state index contributed by atoms with van der Waals surface area (Å²) < 4.78 is 61.4. The second kappa shape index (κ2) is 9.20. The molecule has 10 heteroatoms. The summed E-state index contributed by atoms with van der Waals surface area (Å²) in [5, 5.41) is -0.207. The molecule has 0 spiro atoms. The van der Waals surface area contributed by atoms with Crippen molar-refractivity contribution < 1.29 is 41.4 Å². The SMILES string of the molecule is CCOC(=O)c1ccc(Oc2c(C(F)(F)F)oc3cc(OC(=O)C(C)(C)C)ccc3c2=O)cc1. The number of carbonyl (C=O) groups is 2. The van der Waals surface area contributed by atoms with E-state index < -0.39 is 46.1 Å². The Kier molecular flexibility index (Phi) is 6.72. The minimum atomic E-state index is -5.06. The molecule has 1 aromatic heterocycles. The molecule has 3 rings (SSSR count). The zero-order chi connectivity index (χ0) is 25.3. The molecule has 0 N–H and O–H groups in total. The average molecular weight is 478 g/mol. The van der Waals surface area contributed by atoms with Gasteiger partial charge in [0.05, 0.1) is 23.0 Å². The fourth-order valence-electron chi connectivity index (χ4n) is 2.75. The Hall–Kier alpha value is -3.82. The van der Waals surface area contributed by atoms with E-state index in [-0.39, 0.29) is 29.1 Å². The first-order valence-corrected chi connectivity index (χ1v) is 10.2. The van der Waals surface area contributed by atoms with Gasteiger partial charge in [-0.3, -0.25) is 9.59 Å². The predicted molar refractivity (Wildman–Crippen MR) is 115 cm³/mol. The Labute approximate surface area is 192 Å². The molecule has 0 saturated carbocycles. The molecule has 0 saturated heterocycles. The Bertz CT molecular complexity index is 1280. The maximum atomic E-state index is 13.7. The van der Waals surface area contributed by atoms with Crippen molar-refractivity contribution in [1.82, 2.24) is 0 Å². The van der Waals surface area contributed by atoms with Crippen molar-refractivity contribution in [1.29, 1.82) is 0 Å². The topological polar surface area (TPSA) is 92.0 Å². The molecule has 0 unspecified atom stereocenters. The van der Waals surface area contributed by atoms with Gasteiger partial charge in [-0.25, -0.2) is 4.79 Å². The van der Waals surface area contributed by atoms with Gasteiger partial charge in [0.15, 0.2) is 0 Å². The summed E-state index contributed by atoms with van der Waals surface area (Å²) in [5.74, 6) is -4.15. The van der Waals surface area contributed by atoms with Crippen molar-refractivity contribution in [2.75, 3.05) is 6.61 Å². The van der Waals surface area contributed by atoms with Crippen LogP contribution < -0.4 is 14.9 Å². The number of benzene rings is 2. The van der Waals surface area contributed by atoms with Crippen LogP contribution >= 0.6 is 0 Å². The predicted octanol–water partition coefficient (Wildman–Crippen LogP) is 5.73. The van der Waals surface area contributed by atoms with E-state index in [0.29, 0.717) is 0 Å². The normalized spacial score (nSPS) is 11.9. The largest absolute Gasteiger partial charge is 0.462 e. The Morgan fingerprint density at radius 1 is 0.971 bits per heavy atom. The molecule has 0 aliphatic rings. The minimum absolute atomic E-state index is 0.0769. The Morgan fingerprint density at radius 2 is 1.59 bits per heavy atom. The van der Waals surface area contributed by atoms with Crippen LogP contribution in [0.5, 0.6) is 17.2 Å². The lowest BCUT2D eigenvalue weighted by Gasteiger charge is -2.17. The van der Waals surface area contributed by atoms with Crippen molar-refractivity contribution in [3.63, 3.8) is 0 Å². The van der Waals surface area contributed by atoms with Gasteiger partial charge < -0.3 is 18.6 Å². The van der Waals surface area contributed by atoms with Crippen LogP contribution in [0.25, 0.3) is 11.0 Å². The third-order valence-corrected chi connectivity index (χ3v) is 4.49. The highest BCUT2D eigenvalue weighted by molar-refractivity contribution is 5.89. The molecule has 0 aliphatic carbocycles. The van der Waals surface area contributed by atoms with Gasteiger partial charge in [0.25, 0.3) is 5.76 Å². The lowest BCUT2D eigenvalue weighted by atomic mass is 9.97. The molecule has 0 bridgehead atoms. The molecule has 1 heterocycles. The van der Waals surface area contributed by atoms with Crippen LogP contribution in [0.4, 0.5) is 13.2 Å². The molecule has 0 atom stereocenters. The van der Waals surface area contributed by atoms with Crippen molar-refractivity contribution in [2.24, 2.45) is 5.41 Å². The smallest absolute Gasteiger partial charge is 0.453 e. The number of hydrogen-bond donors (Lipinski definition) is 0. The third-order valence-electron chi connectivity index (χ3n) is 4.49. The van der Waals surface area contributed by atoms with Gasteiger partial charge >= 0.3 is 18.1 Å². The molecule has 180 valence electrons. The molecule has 0 fully saturated rings. The Balaban J connectivity index is 2.03. The molecule has 0 amide bonds. The molecule has 0 radical (unpaired) electrons. The van der Waals surface area contributed by atoms with Crippen LogP contribution in [0.3, 0.4) is 0 Å². The molecule has 0 aliphatic heterocycles. The monoisotopic (exact) mass is 478 g/mol. The molecule has 2 aromatic carbocycles. The first-order valence-electron chi connectivity index (χ1n) is 10.2. The van der Waals surface area contributed by atoms with Gasteiger partial charge in [-0.2, -0.15) is 13.2 Å². The van der Waals surface area contributed by atoms with E-state index in [0.717, 1.165) is 6.07 Å². The van der Waals surface area contributed by atoms with E-state index in [2.05, 4.69) is 0 Å². The van der Waals surface area contributed by atoms with Crippen LogP contribution in [0.1, 0.15) is 43.8 Å². The van der Waals surface area contributed by atoms with E-state index in [1.807, 2.05) is 0 Å². The zero-order valence-corrected chi connectivity index (χ0v) is 18.7. The second-order valence-corrected chi connectivity index (χ2v) is 8.23. The van der Waals surface area contributed by atoms with Gasteiger partial charge in [0, 0.05) is 6.07 Å². The summed E-state index contributed by atoms with van der Waals surface area (Å²) in [5.41, 5.74) is -2.20. The zero-order valence-electron chi connectivity index (χ0n) is 18.7. The molecular formula is C24H21F3O7. The number of hydrogen-bond acceptors (Lipinski definition) is 7. The number of rotatable bonds is 5. The number of fused-ring (bicyclic) bond motifs is 1. The van der Waals surface area contributed by atoms with Crippen LogP contribution in [0, 0.1) is 5.41 Å². The number of halogens is 3. The lowest BCUT2D eigenvalue weighted by Crippen LogP contribution is -2.25. The van der Waals surface area contributed by atoms with Gasteiger partial charge in [-0.1, -0.05) is 0 Å². The number of esters is 2. The van der Waals surface area contributed by atoms with Crippen LogP contribution in [-0.2, 0) is 15.7 Å². The number of ether oxygens (including phenoxy) is 3. The quantitative estimate of drug-likeness (QED) is 0.341. The average Bonchev–Trinajstić information content (AvgIpc) is 2.74. The highest BCUT2D eigenvalue weighted by Crippen LogP contribution is 2.38. The van der Waals surface area contributed by atoms with Gasteiger partial charge in [-0.05, 0) is 64.1 Å². The molecule has 7 nitrogen and oxygen atoms in total. The highest BCUT2D eigenvalue weighted by atomic mass is 19.4. The Morgan fingerprint density at radius 3 is 2.15 bits per heavy atom.